The van der Waals surface area contributed by atoms with E-state index >= 15 is 0 Å². The number of hydrogen-bond acceptors (Lipinski definition) is 3. The molecule has 0 saturated heterocycles. The minimum absolute atomic E-state index is 0.111. The molecule has 0 amide bonds. The zero-order chi connectivity index (χ0) is 15.2. The second-order valence-corrected chi connectivity index (χ2v) is 4.62. The van der Waals surface area contributed by atoms with Crippen LogP contribution < -0.4 is 0 Å². The van der Waals surface area contributed by atoms with Crippen LogP contribution in [0.1, 0.15) is 43.8 Å². The SMILES string of the molecule is FC(F)(F)C(F)(F)CCCCCCc1noc(CCl)n1. The molecule has 20 heavy (non-hydrogen) atoms. The van der Waals surface area contributed by atoms with E-state index in [0.29, 0.717) is 37.4 Å². The minimum atomic E-state index is -5.46. The molecule has 1 aromatic heterocycles. The summed E-state index contributed by atoms with van der Waals surface area (Å²) >= 11 is 5.46. The summed E-state index contributed by atoms with van der Waals surface area (Å²) in [5.41, 5.74) is 0. The molecule has 3 nitrogen and oxygen atoms in total. The summed E-state index contributed by atoms with van der Waals surface area (Å²) in [4.78, 5) is 3.94. The third-order valence-electron chi connectivity index (χ3n) is 2.68. The van der Waals surface area contributed by atoms with Crippen molar-refractivity contribution >= 4 is 11.6 Å². The average molecular weight is 321 g/mol. The van der Waals surface area contributed by atoms with Crippen molar-refractivity contribution in [1.82, 2.24) is 10.1 Å². The number of alkyl halides is 6. The van der Waals surface area contributed by atoms with Gasteiger partial charge >= 0.3 is 12.1 Å². The monoisotopic (exact) mass is 320 g/mol. The van der Waals surface area contributed by atoms with Crippen molar-refractivity contribution in [3.05, 3.63) is 11.7 Å². The van der Waals surface area contributed by atoms with Gasteiger partial charge in [0.1, 0.15) is 5.88 Å². The van der Waals surface area contributed by atoms with E-state index in [0.717, 1.165) is 0 Å². The van der Waals surface area contributed by atoms with Crippen molar-refractivity contribution in [3.8, 4) is 0 Å². The summed E-state index contributed by atoms with van der Waals surface area (Å²) in [6.07, 6.45) is -4.91. The number of unbranched alkanes of at least 4 members (excludes halogenated alkanes) is 3. The highest BCUT2D eigenvalue weighted by molar-refractivity contribution is 6.16. The van der Waals surface area contributed by atoms with Crippen LogP contribution in [0, 0.1) is 0 Å². The second kappa shape index (κ2) is 7.19. The maximum Gasteiger partial charge on any atom is 0.453 e. The van der Waals surface area contributed by atoms with Crippen molar-refractivity contribution < 1.29 is 26.5 Å². The molecule has 0 N–H and O–H groups in total. The fourth-order valence-corrected chi connectivity index (χ4v) is 1.68. The van der Waals surface area contributed by atoms with E-state index in [9.17, 15) is 22.0 Å². The summed E-state index contributed by atoms with van der Waals surface area (Å²) in [5.74, 6) is -3.73. The van der Waals surface area contributed by atoms with E-state index in [1.165, 1.54) is 0 Å². The van der Waals surface area contributed by atoms with Crippen molar-refractivity contribution in [2.75, 3.05) is 0 Å². The van der Waals surface area contributed by atoms with Gasteiger partial charge in [-0.05, 0) is 12.8 Å². The van der Waals surface area contributed by atoms with Gasteiger partial charge in [-0.25, -0.2) is 0 Å². The molecule has 1 rings (SSSR count). The predicted molar refractivity (Wildman–Crippen MR) is 61.6 cm³/mol. The van der Waals surface area contributed by atoms with Crippen LogP contribution in [0.15, 0.2) is 4.52 Å². The molecule has 1 heterocycles. The molecule has 0 saturated carbocycles. The summed E-state index contributed by atoms with van der Waals surface area (Å²) in [6.45, 7) is 0. The molecule has 0 atom stereocenters. The van der Waals surface area contributed by atoms with Gasteiger partial charge in [-0.2, -0.15) is 26.9 Å². The van der Waals surface area contributed by atoms with Gasteiger partial charge in [0.15, 0.2) is 5.82 Å². The molecule has 9 heteroatoms. The lowest BCUT2D eigenvalue weighted by atomic mass is 10.1. The van der Waals surface area contributed by atoms with E-state index < -0.39 is 18.5 Å². The van der Waals surface area contributed by atoms with Crippen LogP contribution in [-0.2, 0) is 12.3 Å². The third-order valence-corrected chi connectivity index (χ3v) is 2.91. The Balaban J connectivity index is 2.14. The van der Waals surface area contributed by atoms with Crippen LogP contribution >= 0.6 is 11.6 Å². The summed E-state index contributed by atoms with van der Waals surface area (Å²) in [6, 6.07) is 0. The Bertz CT molecular complexity index is 408. The topological polar surface area (TPSA) is 38.9 Å². The van der Waals surface area contributed by atoms with Gasteiger partial charge in [0, 0.05) is 12.8 Å². The molecular weight excluding hydrogens is 307 g/mol. The van der Waals surface area contributed by atoms with Crippen LogP contribution in [0.4, 0.5) is 22.0 Å². The Labute approximate surface area is 117 Å². The first-order chi connectivity index (χ1) is 9.26. The zero-order valence-electron chi connectivity index (χ0n) is 10.5. The van der Waals surface area contributed by atoms with Gasteiger partial charge in [-0.3, -0.25) is 0 Å². The lowest BCUT2D eigenvalue weighted by Gasteiger charge is -2.19. The molecule has 0 aliphatic heterocycles. The number of halogens is 6. The molecule has 0 radical (unpaired) electrons. The number of rotatable bonds is 8. The van der Waals surface area contributed by atoms with Crippen molar-refractivity contribution in [3.63, 3.8) is 0 Å². The van der Waals surface area contributed by atoms with Crippen molar-refractivity contribution in [2.45, 2.75) is 56.5 Å². The Morgan fingerprint density at radius 3 is 2.20 bits per heavy atom. The van der Waals surface area contributed by atoms with Crippen LogP contribution in [0.25, 0.3) is 0 Å². The molecule has 116 valence electrons. The van der Waals surface area contributed by atoms with Crippen molar-refractivity contribution in [2.24, 2.45) is 0 Å². The second-order valence-electron chi connectivity index (χ2n) is 4.35. The summed E-state index contributed by atoms with van der Waals surface area (Å²) in [7, 11) is 0. The third kappa shape index (κ3) is 5.22. The predicted octanol–water partition coefficient (Wildman–Crippen LogP) is 4.50. The van der Waals surface area contributed by atoms with E-state index in [1.807, 2.05) is 0 Å². The van der Waals surface area contributed by atoms with Gasteiger partial charge in [0.2, 0.25) is 5.89 Å². The van der Waals surface area contributed by atoms with Gasteiger partial charge in [-0.15, -0.1) is 11.6 Å². The van der Waals surface area contributed by atoms with Gasteiger partial charge in [-0.1, -0.05) is 18.0 Å². The minimum Gasteiger partial charge on any atom is -0.338 e. The van der Waals surface area contributed by atoms with Crippen LogP contribution in [0.3, 0.4) is 0 Å². The largest absolute Gasteiger partial charge is 0.453 e. The Kier molecular flexibility index (Phi) is 6.16. The van der Waals surface area contributed by atoms with E-state index in [-0.39, 0.29) is 12.3 Å². The molecule has 0 aliphatic carbocycles. The highest BCUT2D eigenvalue weighted by Crippen LogP contribution is 2.39. The van der Waals surface area contributed by atoms with Crippen LogP contribution in [0.2, 0.25) is 0 Å². The highest BCUT2D eigenvalue weighted by Gasteiger charge is 2.56. The molecule has 0 fully saturated rings. The first-order valence-corrected chi connectivity index (χ1v) is 6.61. The molecule has 0 spiro atoms. The lowest BCUT2D eigenvalue weighted by molar-refractivity contribution is -0.284. The summed E-state index contributed by atoms with van der Waals surface area (Å²) < 4.78 is 65.5. The fourth-order valence-electron chi connectivity index (χ4n) is 1.57. The zero-order valence-corrected chi connectivity index (χ0v) is 11.3. The maximum absolute atomic E-state index is 12.6. The van der Waals surface area contributed by atoms with Gasteiger partial charge in [0.05, 0.1) is 0 Å². The molecule has 0 bridgehead atoms. The Hall–Kier alpha value is -0.920. The normalized spacial score (nSPS) is 12.9. The molecule has 0 aromatic carbocycles. The number of nitrogens with zero attached hydrogens (tertiary/aromatic N) is 2. The molecular formula is C11H14ClF5N2O. The Morgan fingerprint density at radius 2 is 1.65 bits per heavy atom. The van der Waals surface area contributed by atoms with Crippen LogP contribution in [0.5, 0.6) is 0 Å². The number of aromatic nitrogens is 2. The molecule has 1 aromatic rings. The van der Waals surface area contributed by atoms with E-state index in [4.69, 9.17) is 16.1 Å². The van der Waals surface area contributed by atoms with E-state index in [2.05, 4.69) is 10.1 Å². The highest BCUT2D eigenvalue weighted by atomic mass is 35.5. The lowest BCUT2D eigenvalue weighted by Crippen LogP contribution is -2.36. The first-order valence-electron chi connectivity index (χ1n) is 6.08. The number of aryl methyl sites for hydroxylation is 1. The smallest absolute Gasteiger partial charge is 0.338 e. The summed E-state index contributed by atoms with van der Waals surface area (Å²) in [5, 5.41) is 3.64. The number of hydrogen-bond donors (Lipinski definition) is 0. The molecule has 0 aliphatic rings. The standard InChI is InChI=1S/C11H14ClF5N2O/c12-7-9-18-8(19-20-9)5-3-1-2-4-6-10(13,14)11(15,16)17/h1-7H2. The molecule has 0 unspecified atom stereocenters. The van der Waals surface area contributed by atoms with Crippen LogP contribution in [-0.4, -0.2) is 22.2 Å². The quantitative estimate of drug-likeness (QED) is 0.402. The van der Waals surface area contributed by atoms with Gasteiger partial charge in [0.25, 0.3) is 0 Å². The van der Waals surface area contributed by atoms with Gasteiger partial charge < -0.3 is 4.52 Å². The Morgan fingerprint density at radius 1 is 1.00 bits per heavy atom. The first kappa shape index (κ1) is 17.1. The fraction of sp³-hybridized carbons (Fsp3) is 0.818. The maximum atomic E-state index is 12.6. The van der Waals surface area contributed by atoms with Crippen molar-refractivity contribution in [1.29, 1.82) is 0 Å². The average Bonchev–Trinajstić information content (AvgIpc) is 2.80. The van der Waals surface area contributed by atoms with E-state index in [1.54, 1.807) is 0 Å².